The molecule has 1 atom stereocenters. The Bertz CT molecular complexity index is 433. The molecule has 0 bridgehead atoms. The van der Waals surface area contributed by atoms with Crippen LogP contribution in [0.4, 0.5) is 14.5 Å². The maximum Gasteiger partial charge on any atom is 0.272 e. The van der Waals surface area contributed by atoms with E-state index in [0.29, 0.717) is 5.56 Å². The minimum atomic E-state index is -2.73. The van der Waals surface area contributed by atoms with E-state index in [9.17, 15) is 18.9 Å². The molecule has 0 aromatic heterocycles. The van der Waals surface area contributed by atoms with E-state index in [1.54, 1.807) is 13.0 Å². The number of nitro groups is 1. The summed E-state index contributed by atoms with van der Waals surface area (Å²) in [5.41, 5.74) is 4.39. The number of hydrogen-bond donors (Lipinski definition) is 1. The molecule has 0 aliphatic rings. The number of nitrogens with zero attached hydrogens (tertiary/aromatic N) is 1. The minimum Gasteiger partial charge on any atom is -0.320 e. The SMILES string of the molecule is Cc1cccc([N+](=O)[O-])c1CC(C)(N)C(F)F. The Balaban J connectivity index is 3.18. The third kappa shape index (κ3) is 2.97. The molecule has 6 heteroatoms. The van der Waals surface area contributed by atoms with E-state index in [1.807, 2.05) is 0 Å². The molecule has 0 amide bonds. The van der Waals surface area contributed by atoms with Crippen LogP contribution in [-0.2, 0) is 6.42 Å². The molecule has 2 N–H and O–H groups in total. The fourth-order valence-corrected chi connectivity index (χ4v) is 1.55. The van der Waals surface area contributed by atoms with Gasteiger partial charge in [0.2, 0.25) is 0 Å². The van der Waals surface area contributed by atoms with Gasteiger partial charge in [-0.05, 0) is 19.4 Å². The zero-order valence-corrected chi connectivity index (χ0v) is 9.61. The second kappa shape index (κ2) is 4.75. The highest BCUT2D eigenvalue weighted by molar-refractivity contribution is 5.46. The molecule has 0 aliphatic heterocycles. The molecule has 94 valence electrons. The molecule has 0 heterocycles. The van der Waals surface area contributed by atoms with E-state index in [1.165, 1.54) is 19.1 Å². The third-order valence-electron chi connectivity index (χ3n) is 2.64. The molecule has 0 spiro atoms. The van der Waals surface area contributed by atoms with Gasteiger partial charge in [0.05, 0.1) is 10.5 Å². The summed E-state index contributed by atoms with van der Waals surface area (Å²) in [4.78, 5) is 10.2. The van der Waals surface area contributed by atoms with Gasteiger partial charge in [0.15, 0.2) is 0 Å². The van der Waals surface area contributed by atoms with Crippen molar-refractivity contribution in [2.24, 2.45) is 5.73 Å². The monoisotopic (exact) mass is 244 g/mol. The van der Waals surface area contributed by atoms with E-state index in [0.717, 1.165) is 0 Å². The first-order valence-corrected chi connectivity index (χ1v) is 5.05. The van der Waals surface area contributed by atoms with Gasteiger partial charge >= 0.3 is 0 Å². The largest absolute Gasteiger partial charge is 0.320 e. The number of alkyl halides is 2. The predicted molar refractivity (Wildman–Crippen MR) is 60.1 cm³/mol. The maximum absolute atomic E-state index is 12.7. The van der Waals surface area contributed by atoms with Crippen LogP contribution < -0.4 is 5.73 Å². The molecule has 1 aromatic carbocycles. The molecule has 1 unspecified atom stereocenters. The van der Waals surface area contributed by atoms with Crippen molar-refractivity contribution < 1.29 is 13.7 Å². The first-order chi connectivity index (χ1) is 7.75. The van der Waals surface area contributed by atoms with Gasteiger partial charge in [0, 0.05) is 18.1 Å². The van der Waals surface area contributed by atoms with Gasteiger partial charge in [0.1, 0.15) is 0 Å². The van der Waals surface area contributed by atoms with Crippen LogP contribution in [0.3, 0.4) is 0 Å². The van der Waals surface area contributed by atoms with E-state index in [4.69, 9.17) is 5.73 Å². The Hall–Kier alpha value is -1.56. The molecule has 1 aromatic rings. The van der Waals surface area contributed by atoms with Crippen molar-refractivity contribution in [1.29, 1.82) is 0 Å². The highest BCUT2D eigenvalue weighted by atomic mass is 19.3. The zero-order valence-electron chi connectivity index (χ0n) is 9.61. The lowest BCUT2D eigenvalue weighted by molar-refractivity contribution is -0.385. The first kappa shape index (κ1) is 13.5. The van der Waals surface area contributed by atoms with Crippen molar-refractivity contribution in [3.8, 4) is 0 Å². The summed E-state index contributed by atoms with van der Waals surface area (Å²) in [6.07, 6.45) is -2.96. The molecular weight excluding hydrogens is 230 g/mol. The van der Waals surface area contributed by atoms with Crippen LogP contribution in [-0.4, -0.2) is 16.9 Å². The Labute approximate surface area is 97.6 Å². The van der Waals surface area contributed by atoms with Crippen molar-refractivity contribution in [3.63, 3.8) is 0 Å². The topological polar surface area (TPSA) is 69.2 Å². The number of nitrogens with two attached hydrogens (primary N) is 1. The van der Waals surface area contributed by atoms with Crippen molar-refractivity contribution >= 4 is 5.69 Å². The second-order valence-electron chi connectivity index (χ2n) is 4.31. The molecule has 17 heavy (non-hydrogen) atoms. The fourth-order valence-electron chi connectivity index (χ4n) is 1.55. The number of benzene rings is 1. The quantitative estimate of drug-likeness (QED) is 0.653. The summed E-state index contributed by atoms with van der Waals surface area (Å²) < 4.78 is 25.3. The molecule has 0 aliphatic carbocycles. The highest BCUT2D eigenvalue weighted by Gasteiger charge is 2.33. The number of halogens is 2. The molecule has 4 nitrogen and oxygen atoms in total. The standard InChI is InChI=1S/C11H14F2N2O2/c1-7-4-3-5-9(15(16)17)8(7)6-11(2,14)10(12)13/h3-5,10H,6,14H2,1-2H3. The van der Waals surface area contributed by atoms with Crippen LogP contribution in [0.25, 0.3) is 0 Å². The molecule has 0 saturated heterocycles. The van der Waals surface area contributed by atoms with Gasteiger partial charge in [-0.25, -0.2) is 8.78 Å². The van der Waals surface area contributed by atoms with Crippen molar-refractivity contribution in [2.75, 3.05) is 0 Å². The van der Waals surface area contributed by atoms with Crippen LogP contribution in [0.15, 0.2) is 18.2 Å². The van der Waals surface area contributed by atoms with Crippen LogP contribution in [0.2, 0.25) is 0 Å². The summed E-state index contributed by atoms with van der Waals surface area (Å²) in [5.74, 6) is 0. The van der Waals surface area contributed by atoms with Gasteiger partial charge in [0.25, 0.3) is 12.1 Å². The zero-order chi connectivity index (χ0) is 13.2. The Morgan fingerprint density at radius 2 is 2.12 bits per heavy atom. The van der Waals surface area contributed by atoms with Crippen molar-refractivity contribution in [1.82, 2.24) is 0 Å². The lowest BCUT2D eigenvalue weighted by Gasteiger charge is -2.24. The fraction of sp³-hybridized carbons (Fsp3) is 0.455. The van der Waals surface area contributed by atoms with Crippen LogP contribution in [0.1, 0.15) is 18.1 Å². The lowest BCUT2D eigenvalue weighted by Crippen LogP contribution is -2.46. The van der Waals surface area contributed by atoms with Crippen LogP contribution in [0, 0.1) is 17.0 Å². The Morgan fingerprint density at radius 3 is 2.59 bits per heavy atom. The smallest absolute Gasteiger partial charge is 0.272 e. The number of hydrogen-bond acceptors (Lipinski definition) is 3. The average Bonchev–Trinajstić information content (AvgIpc) is 2.20. The first-order valence-electron chi connectivity index (χ1n) is 5.05. The van der Waals surface area contributed by atoms with E-state index in [2.05, 4.69) is 0 Å². The average molecular weight is 244 g/mol. The number of nitro benzene ring substituents is 1. The highest BCUT2D eigenvalue weighted by Crippen LogP contribution is 2.27. The maximum atomic E-state index is 12.7. The van der Waals surface area contributed by atoms with Gasteiger partial charge in [-0.1, -0.05) is 12.1 Å². The van der Waals surface area contributed by atoms with E-state index >= 15 is 0 Å². The normalized spacial score (nSPS) is 14.7. The summed E-state index contributed by atoms with van der Waals surface area (Å²) in [7, 11) is 0. The summed E-state index contributed by atoms with van der Waals surface area (Å²) in [5, 5.41) is 10.8. The summed E-state index contributed by atoms with van der Waals surface area (Å²) in [6.45, 7) is 2.83. The second-order valence-corrected chi connectivity index (χ2v) is 4.31. The van der Waals surface area contributed by atoms with Crippen molar-refractivity contribution in [2.45, 2.75) is 32.2 Å². The minimum absolute atomic E-state index is 0.165. The van der Waals surface area contributed by atoms with E-state index in [-0.39, 0.29) is 17.7 Å². The van der Waals surface area contributed by atoms with Gasteiger partial charge < -0.3 is 5.73 Å². The van der Waals surface area contributed by atoms with Gasteiger partial charge in [-0.3, -0.25) is 10.1 Å². The van der Waals surface area contributed by atoms with Gasteiger partial charge in [-0.15, -0.1) is 0 Å². The third-order valence-corrected chi connectivity index (χ3v) is 2.64. The molecule has 1 rings (SSSR count). The summed E-state index contributed by atoms with van der Waals surface area (Å²) in [6, 6.07) is 4.46. The molecule has 0 fully saturated rings. The molecule has 0 radical (unpaired) electrons. The Morgan fingerprint density at radius 1 is 1.53 bits per heavy atom. The predicted octanol–water partition coefficient (Wildman–Crippen LogP) is 2.43. The lowest BCUT2D eigenvalue weighted by atomic mass is 9.91. The number of aryl methyl sites for hydroxylation is 1. The number of rotatable bonds is 4. The van der Waals surface area contributed by atoms with Crippen LogP contribution in [0.5, 0.6) is 0 Å². The van der Waals surface area contributed by atoms with E-state index < -0.39 is 16.9 Å². The Kier molecular flexibility index (Phi) is 3.77. The molecule has 0 saturated carbocycles. The van der Waals surface area contributed by atoms with Crippen molar-refractivity contribution in [3.05, 3.63) is 39.4 Å². The van der Waals surface area contributed by atoms with Crippen LogP contribution >= 0.6 is 0 Å². The van der Waals surface area contributed by atoms with Gasteiger partial charge in [-0.2, -0.15) is 0 Å². The summed E-state index contributed by atoms with van der Waals surface area (Å²) >= 11 is 0. The molecular formula is C11H14F2N2O2.